The molecule has 0 saturated heterocycles. The zero-order valence-electron chi connectivity index (χ0n) is 8.93. The number of aromatic nitrogens is 2. The summed E-state index contributed by atoms with van der Waals surface area (Å²) in [4.78, 5) is 22.6. The van der Waals surface area contributed by atoms with E-state index in [1.165, 1.54) is 13.2 Å². The SMILES string of the molecule is COC(=O)Cn1nc2c(cc1=O)COCC2. The van der Waals surface area contributed by atoms with Gasteiger partial charge in [-0.1, -0.05) is 0 Å². The minimum atomic E-state index is -0.485. The zero-order chi connectivity index (χ0) is 11.5. The average molecular weight is 224 g/mol. The van der Waals surface area contributed by atoms with Gasteiger partial charge in [-0.15, -0.1) is 0 Å². The number of hydrogen-bond donors (Lipinski definition) is 0. The maximum atomic E-state index is 11.6. The Balaban J connectivity index is 2.32. The lowest BCUT2D eigenvalue weighted by Crippen LogP contribution is -2.30. The summed E-state index contributed by atoms with van der Waals surface area (Å²) in [5, 5.41) is 4.12. The summed E-state index contributed by atoms with van der Waals surface area (Å²) in [6.07, 6.45) is 0.663. The largest absolute Gasteiger partial charge is 0.468 e. The number of nitrogens with zero attached hydrogens (tertiary/aromatic N) is 2. The topological polar surface area (TPSA) is 70.4 Å². The molecule has 0 saturated carbocycles. The van der Waals surface area contributed by atoms with Crippen LogP contribution >= 0.6 is 0 Å². The Morgan fingerprint density at radius 2 is 2.50 bits per heavy atom. The first-order valence-electron chi connectivity index (χ1n) is 4.95. The van der Waals surface area contributed by atoms with E-state index in [1.54, 1.807) is 0 Å². The van der Waals surface area contributed by atoms with Crippen LogP contribution in [0.3, 0.4) is 0 Å². The molecule has 1 aromatic rings. The molecule has 0 aromatic carbocycles. The molecule has 0 bridgehead atoms. The molecule has 6 heteroatoms. The van der Waals surface area contributed by atoms with E-state index in [9.17, 15) is 9.59 Å². The van der Waals surface area contributed by atoms with E-state index in [1.807, 2.05) is 0 Å². The second-order valence-electron chi connectivity index (χ2n) is 3.49. The molecular weight excluding hydrogens is 212 g/mol. The number of carbonyl (C=O) groups is 1. The van der Waals surface area contributed by atoms with Crippen molar-refractivity contribution in [3.63, 3.8) is 0 Å². The van der Waals surface area contributed by atoms with Crippen LogP contribution in [0.2, 0.25) is 0 Å². The van der Waals surface area contributed by atoms with Gasteiger partial charge in [0.1, 0.15) is 6.54 Å². The summed E-state index contributed by atoms with van der Waals surface area (Å²) in [6.45, 7) is 0.858. The maximum Gasteiger partial charge on any atom is 0.327 e. The zero-order valence-corrected chi connectivity index (χ0v) is 8.93. The second-order valence-corrected chi connectivity index (χ2v) is 3.49. The van der Waals surface area contributed by atoms with Crippen LogP contribution in [0.15, 0.2) is 10.9 Å². The van der Waals surface area contributed by atoms with Gasteiger partial charge in [-0.2, -0.15) is 5.10 Å². The third kappa shape index (κ3) is 2.11. The monoisotopic (exact) mass is 224 g/mol. The molecule has 2 rings (SSSR count). The first-order chi connectivity index (χ1) is 7.70. The Labute approximate surface area is 91.8 Å². The van der Waals surface area contributed by atoms with Gasteiger partial charge in [-0.25, -0.2) is 4.68 Å². The van der Waals surface area contributed by atoms with Crippen molar-refractivity contribution >= 4 is 5.97 Å². The minimum absolute atomic E-state index is 0.149. The molecule has 0 aliphatic carbocycles. The van der Waals surface area contributed by atoms with Crippen molar-refractivity contribution in [2.75, 3.05) is 13.7 Å². The molecule has 0 amide bonds. The second kappa shape index (κ2) is 4.44. The highest BCUT2D eigenvalue weighted by Crippen LogP contribution is 2.11. The van der Waals surface area contributed by atoms with Crippen LogP contribution in [0.4, 0.5) is 0 Å². The van der Waals surface area contributed by atoms with E-state index in [2.05, 4.69) is 9.84 Å². The third-order valence-electron chi connectivity index (χ3n) is 2.41. The summed E-state index contributed by atoms with van der Waals surface area (Å²) < 4.78 is 10.8. The lowest BCUT2D eigenvalue weighted by atomic mass is 10.1. The Morgan fingerprint density at radius 3 is 3.25 bits per heavy atom. The molecule has 2 heterocycles. The van der Waals surface area contributed by atoms with Gasteiger partial charge in [0.15, 0.2) is 0 Å². The maximum absolute atomic E-state index is 11.6. The lowest BCUT2D eigenvalue weighted by molar-refractivity contribution is -0.141. The molecule has 1 aromatic heterocycles. The number of rotatable bonds is 2. The molecule has 1 aliphatic heterocycles. The number of fused-ring (bicyclic) bond motifs is 1. The van der Waals surface area contributed by atoms with Crippen molar-refractivity contribution in [2.45, 2.75) is 19.6 Å². The van der Waals surface area contributed by atoms with E-state index in [-0.39, 0.29) is 12.1 Å². The quantitative estimate of drug-likeness (QED) is 0.633. The summed E-state index contributed by atoms with van der Waals surface area (Å²) in [7, 11) is 1.28. The molecule has 0 fully saturated rings. The first kappa shape index (κ1) is 10.8. The van der Waals surface area contributed by atoms with Crippen molar-refractivity contribution < 1.29 is 14.3 Å². The summed E-state index contributed by atoms with van der Waals surface area (Å²) in [5.41, 5.74) is 1.31. The summed E-state index contributed by atoms with van der Waals surface area (Å²) >= 11 is 0. The highest BCUT2D eigenvalue weighted by atomic mass is 16.5. The number of methoxy groups -OCH3 is 1. The fourth-order valence-corrected chi connectivity index (χ4v) is 1.55. The van der Waals surface area contributed by atoms with Crippen LogP contribution in [0.25, 0.3) is 0 Å². The molecule has 6 nitrogen and oxygen atoms in total. The number of hydrogen-bond acceptors (Lipinski definition) is 5. The van der Waals surface area contributed by atoms with E-state index < -0.39 is 5.97 Å². The van der Waals surface area contributed by atoms with Crippen LogP contribution in [0.1, 0.15) is 11.3 Å². The van der Waals surface area contributed by atoms with Gasteiger partial charge in [0.05, 0.1) is 26.0 Å². The first-order valence-corrected chi connectivity index (χ1v) is 4.95. The molecule has 0 N–H and O–H groups in total. The van der Waals surface area contributed by atoms with E-state index in [4.69, 9.17) is 4.74 Å². The van der Waals surface area contributed by atoms with Crippen molar-refractivity contribution in [3.8, 4) is 0 Å². The molecule has 0 unspecified atom stereocenters. The van der Waals surface area contributed by atoms with Crippen LogP contribution in [-0.2, 0) is 33.8 Å². The molecule has 0 radical (unpaired) electrons. The molecular formula is C10H12N2O4. The lowest BCUT2D eigenvalue weighted by Gasteiger charge is -2.15. The minimum Gasteiger partial charge on any atom is -0.468 e. The predicted octanol–water partition coefficient (Wildman–Crippen LogP) is -0.511. The van der Waals surface area contributed by atoms with Crippen LogP contribution in [0, 0.1) is 0 Å². The van der Waals surface area contributed by atoms with Gasteiger partial charge in [0.2, 0.25) is 0 Å². The van der Waals surface area contributed by atoms with Crippen molar-refractivity contribution in [1.82, 2.24) is 9.78 Å². The fourth-order valence-electron chi connectivity index (χ4n) is 1.55. The van der Waals surface area contributed by atoms with Gasteiger partial charge in [-0.05, 0) is 0 Å². The summed E-state index contributed by atoms with van der Waals surface area (Å²) in [5.74, 6) is -0.485. The van der Waals surface area contributed by atoms with Crippen LogP contribution < -0.4 is 5.56 Å². The Morgan fingerprint density at radius 1 is 1.69 bits per heavy atom. The Kier molecular flexibility index (Phi) is 3.00. The summed E-state index contributed by atoms with van der Waals surface area (Å²) in [6, 6.07) is 1.46. The van der Waals surface area contributed by atoms with Gasteiger partial charge in [0, 0.05) is 18.1 Å². The normalized spacial score (nSPS) is 14.3. The molecule has 1 aliphatic rings. The predicted molar refractivity (Wildman–Crippen MR) is 53.9 cm³/mol. The van der Waals surface area contributed by atoms with Crippen molar-refractivity contribution in [3.05, 3.63) is 27.7 Å². The standard InChI is InChI=1S/C10H12N2O4/c1-15-10(14)5-12-9(13)4-7-6-16-3-2-8(7)11-12/h4H,2-3,5-6H2,1H3. The van der Waals surface area contributed by atoms with E-state index in [0.717, 1.165) is 15.9 Å². The van der Waals surface area contributed by atoms with Gasteiger partial charge in [-0.3, -0.25) is 9.59 Å². The van der Waals surface area contributed by atoms with E-state index >= 15 is 0 Å². The van der Waals surface area contributed by atoms with Gasteiger partial charge >= 0.3 is 5.97 Å². The average Bonchev–Trinajstić information content (AvgIpc) is 2.30. The highest BCUT2D eigenvalue weighted by molar-refractivity contribution is 5.68. The smallest absolute Gasteiger partial charge is 0.327 e. The van der Waals surface area contributed by atoms with Crippen molar-refractivity contribution in [1.29, 1.82) is 0 Å². The number of carbonyl (C=O) groups excluding carboxylic acids is 1. The molecule has 86 valence electrons. The van der Waals surface area contributed by atoms with Gasteiger partial charge in [0.25, 0.3) is 5.56 Å². The number of esters is 1. The number of ether oxygens (including phenoxy) is 2. The van der Waals surface area contributed by atoms with E-state index in [0.29, 0.717) is 19.6 Å². The van der Waals surface area contributed by atoms with Gasteiger partial charge < -0.3 is 9.47 Å². The Bertz CT molecular complexity index is 466. The highest BCUT2D eigenvalue weighted by Gasteiger charge is 2.14. The van der Waals surface area contributed by atoms with Crippen LogP contribution in [0.5, 0.6) is 0 Å². The van der Waals surface area contributed by atoms with Crippen LogP contribution in [-0.4, -0.2) is 29.5 Å². The molecule has 0 atom stereocenters. The molecule has 0 spiro atoms. The fraction of sp³-hybridized carbons (Fsp3) is 0.500. The van der Waals surface area contributed by atoms with Crippen molar-refractivity contribution in [2.24, 2.45) is 0 Å². The third-order valence-corrected chi connectivity index (χ3v) is 2.41. The molecule has 16 heavy (non-hydrogen) atoms. The Hall–Kier alpha value is -1.69.